The number of aromatic nitrogens is 4. The minimum atomic E-state index is 0.367. The van der Waals surface area contributed by atoms with Crippen molar-refractivity contribution in [1.82, 2.24) is 25.1 Å². The highest BCUT2D eigenvalue weighted by molar-refractivity contribution is 5.91. The molecule has 5 heterocycles. The van der Waals surface area contributed by atoms with Crippen molar-refractivity contribution in [2.24, 2.45) is 0 Å². The number of aromatic amines is 1. The summed E-state index contributed by atoms with van der Waals surface area (Å²) in [5.74, 6) is 2.33. The van der Waals surface area contributed by atoms with E-state index in [-0.39, 0.29) is 0 Å². The number of hydrogen-bond acceptors (Lipinski definition) is 7. The first-order chi connectivity index (χ1) is 14.7. The fraction of sp³-hybridized carbons (Fsp3) is 0.455. The Labute approximate surface area is 175 Å². The van der Waals surface area contributed by atoms with Gasteiger partial charge in [-0.15, -0.1) is 0 Å². The van der Waals surface area contributed by atoms with E-state index in [1.54, 1.807) is 0 Å². The SMILES string of the molecule is Cc1cc(Nc2cc3ncccc3c(N[C@H]3CC[C@@H]4C[C@H](C3)N4CCC#N)n2)n[nH]1. The van der Waals surface area contributed by atoms with Gasteiger partial charge in [0.05, 0.1) is 11.6 Å². The maximum absolute atomic E-state index is 8.93. The molecule has 0 radical (unpaired) electrons. The van der Waals surface area contributed by atoms with Crippen LogP contribution in [0.25, 0.3) is 10.9 Å². The van der Waals surface area contributed by atoms with Gasteiger partial charge in [0.15, 0.2) is 5.82 Å². The van der Waals surface area contributed by atoms with Crippen LogP contribution in [-0.4, -0.2) is 49.7 Å². The molecule has 1 aliphatic carbocycles. The van der Waals surface area contributed by atoms with Crippen molar-refractivity contribution in [2.75, 3.05) is 17.2 Å². The second-order valence-electron chi connectivity index (χ2n) is 8.33. The van der Waals surface area contributed by atoms with Crippen LogP contribution in [-0.2, 0) is 0 Å². The average molecular weight is 403 g/mol. The molecule has 30 heavy (non-hydrogen) atoms. The number of rotatable bonds is 6. The van der Waals surface area contributed by atoms with Crippen LogP contribution in [0.1, 0.15) is 37.8 Å². The molecule has 3 aliphatic rings. The van der Waals surface area contributed by atoms with E-state index in [0.29, 0.717) is 24.5 Å². The zero-order chi connectivity index (χ0) is 20.5. The third kappa shape index (κ3) is 3.68. The van der Waals surface area contributed by atoms with Gasteiger partial charge in [-0.1, -0.05) is 0 Å². The number of aryl methyl sites for hydroxylation is 1. The molecule has 2 aliphatic heterocycles. The molecule has 0 aromatic carbocycles. The largest absolute Gasteiger partial charge is 0.367 e. The van der Waals surface area contributed by atoms with Crippen LogP contribution < -0.4 is 10.6 Å². The van der Waals surface area contributed by atoms with Gasteiger partial charge in [-0.3, -0.25) is 15.0 Å². The molecule has 2 saturated heterocycles. The molecule has 8 heteroatoms. The van der Waals surface area contributed by atoms with Crippen molar-refractivity contribution in [3.8, 4) is 6.07 Å². The lowest BCUT2D eigenvalue weighted by Gasteiger charge is -2.47. The van der Waals surface area contributed by atoms with Gasteiger partial charge in [-0.05, 0) is 44.7 Å². The lowest BCUT2D eigenvalue weighted by Crippen LogP contribution is -2.55. The zero-order valence-electron chi connectivity index (χ0n) is 17.1. The third-order valence-corrected chi connectivity index (χ3v) is 6.27. The monoisotopic (exact) mass is 402 g/mol. The Kier molecular flexibility index (Phi) is 4.97. The van der Waals surface area contributed by atoms with Gasteiger partial charge in [0.2, 0.25) is 0 Å². The van der Waals surface area contributed by atoms with E-state index >= 15 is 0 Å². The van der Waals surface area contributed by atoms with E-state index in [9.17, 15) is 0 Å². The van der Waals surface area contributed by atoms with Gasteiger partial charge in [0, 0.05) is 60.5 Å². The third-order valence-electron chi connectivity index (χ3n) is 6.27. The topological polar surface area (TPSA) is 106 Å². The summed E-state index contributed by atoms with van der Waals surface area (Å²) in [6, 6.07) is 11.8. The van der Waals surface area contributed by atoms with Crippen molar-refractivity contribution in [3.63, 3.8) is 0 Å². The van der Waals surface area contributed by atoms with Gasteiger partial charge >= 0.3 is 0 Å². The predicted octanol–water partition coefficient (Wildman–Crippen LogP) is 3.73. The standard InChI is InChI=1S/C22H26N8/c1-14-10-21(29-28-14)26-20-13-19-18(4-2-8-24-19)22(27-20)25-15-5-6-16-12-17(11-15)30(16)9-3-7-23/h2,4,8,10,13,15-17H,3,5-6,9,11-12H2,1H3,(H3,25,26,27,28,29)/t15-,16+,17-/m0/s1. The molecule has 2 bridgehead atoms. The van der Waals surface area contributed by atoms with Gasteiger partial charge in [0.25, 0.3) is 0 Å². The molecule has 8 nitrogen and oxygen atoms in total. The maximum Gasteiger partial charge on any atom is 0.153 e. The molecule has 3 fully saturated rings. The van der Waals surface area contributed by atoms with Crippen LogP contribution in [0.3, 0.4) is 0 Å². The molecule has 0 spiro atoms. The summed E-state index contributed by atoms with van der Waals surface area (Å²) >= 11 is 0. The Morgan fingerprint density at radius 2 is 2.17 bits per heavy atom. The number of fused-ring (bicyclic) bond motifs is 4. The molecule has 3 atom stereocenters. The Balaban J connectivity index is 1.38. The summed E-state index contributed by atoms with van der Waals surface area (Å²) in [5.41, 5.74) is 1.89. The molecular weight excluding hydrogens is 376 g/mol. The Morgan fingerprint density at radius 3 is 3.00 bits per heavy atom. The summed E-state index contributed by atoms with van der Waals surface area (Å²) in [6.45, 7) is 2.86. The van der Waals surface area contributed by atoms with Crippen LogP contribution in [0.2, 0.25) is 0 Å². The Bertz CT molecular complexity index is 1080. The first-order valence-corrected chi connectivity index (χ1v) is 10.6. The highest BCUT2D eigenvalue weighted by Crippen LogP contribution is 2.38. The van der Waals surface area contributed by atoms with E-state index in [2.05, 4.69) is 42.9 Å². The van der Waals surface area contributed by atoms with Crippen LogP contribution in [0.4, 0.5) is 17.5 Å². The molecule has 3 aromatic rings. The van der Waals surface area contributed by atoms with Crippen molar-refractivity contribution in [3.05, 3.63) is 36.2 Å². The summed E-state index contributed by atoms with van der Waals surface area (Å²) in [6.07, 6.45) is 7.04. The molecular formula is C22H26N8. The number of nitriles is 1. The predicted molar refractivity (Wildman–Crippen MR) is 117 cm³/mol. The minimum absolute atomic E-state index is 0.367. The van der Waals surface area contributed by atoms with Crippen LogP contribution in [0.5, 0.6) is 0 Å². The van der Waals surface area contributed by atoms with Gasteiger partial charge < -0.3 is 10.6 Å². The quantitative estimate of drug-likeness (QED) is 0.577. The first-order valence-electron chi connectivity index (χ1n) is 10.6. The van der Waals surface area contributed by atoms with Crippen molar-refractivity contribution in [1.29, 1.82) is 5.26 Å². The second-order valence-corrected chi connectivity index (χ2v) is 8.33. The Hall–Kier alpha value is -3.18. The highest BCUT2D eigenvalue weighted by Gasteiger charge is 2.41. The number of H-pyrrole nitrogens is 1. The highest BCUT2D eigenvalue weighted by atomic mass is 15.3. The maximum atomic E-state index is 8.93. The van der Waals surface area contributed by atoms with E-state index in [0.717, 1.165) is 53.4 Å². The summed E-state index contributed by atoms with van der Waals surface area (Å²) in [4.78, 5) is 11.9. The normalized spacial score (nSPS) is 23.4. The van der Waals surface area contributed by atoms with E-state index < -0.39 is 0 Å². The molecule has 3 aromatic heterocycles. The van der Waals surface area contributed by atoms with Crippen molar-refractivity contribution >= 4 is 28.4 Å². The van der Waals surface area contributed by atoms with E-state index in [1.165, 1.54) is 12.8 Å². The van der Waals surface area contributed by atoms with Crippen LogP contribution in [0.15, 0.2) is 30.5 Å². The fourth-order valence-corrected chi connectivity index (χ4v) is 4.83. The van der Waals surface area contributed by atoms with E-state index in [4.69, 9.17) is 10.2 Å². The summed E-state index contributed by atoms with van der Waals surface area (Å²) in [5, 5.41) is 24.2. The second kappa shape index (κ2) is 7.92. The molecule has 6 rings (SSSR count). The van der Waals surface area contributed by atoms with Crippen LogP contribution >= 0.6 is 0 Å². The van der Waals surface area contributed by atoms with E-state index in [1.807, 2.05) is 31.3 Å². The van der Waals surface area contributed by atoms with Crippen molar-refractivity contribution in [2.45, 2.75) is 57.2 Å². The fourth-order valence-electron chi connectivity index (χ4n) is 4.83. The lowest BCUT2D eigenvalue weighted by molar-refractivity contribution is 0.0214. The number of anilines is 3. The smallest absolute Gasteiger partial charge is 0.153 e. The van der Waals surface area contributed by atoms with Gasteiger partial charge in [0.1, 0.15) is 11.6 Å². The number of nitrogens with one attached hydrogen (secondary N) is 3. The van der Waals surface area contributed by atoms with Crippen LogP contribution in [0, 0.1) is 18.3 Å². The minimum Gasteiger partial charge on any atom is -0.367 e. The molecule has 3 N–H and O–H groups in total. The first kappa shape index (κ1) is 18.8. The summed E-state index contributed by atoms with van der Waals surface area (Å²) < 4.78 is 0. The Morgan fingerprint density at radius 1 is 1.23 bits per heavy atom. The lowest BCUT2D eigenvalue weighted by atomic mass is 9.91. The average Bonchev–Trinajstić information content (AvgIpc) is 2.94. The zero-order valence-corrected chi connectivity index (χ0v) is 17.1. The molecule has 0 amide bonds. The number of hydrogen-bond donors (Lipinski definition) is 3. The molecule has 0 unspecified atom stereocenters. The van der Waals surface area contributed by atoms with Gasteiger partial charge in [-0.25, -0.2) is 4.98 Å². The molecule has 1 saturated carbocycles. The van der Waals surface area contributed by atoms with Gasteiger partial charge in [-0.2, -0.15) is 10.4 Å². The number of nitrogens with zero attached hydrogens (tertiary/aromatic N) is 5. The number of pyridine rings is 2. The molecule has 154 valence electrons. The summed E-state index contributed by atoms with van der Waals surface area (Å²) in [7, 11) is 0. The van der Waals surface area contributed by atoms with Crippen molar-refractivity contribution < 1.29 is 0 Å².